The maximum atomic E-state index is 6.16. The Morgan fingerprint density at radius 1 is 1.41 bits per heavy atom. The fraction of sp³-hybridized carbons (Fsp3) is 0.167. The highest BCUT2D eigenvalue weighted by atomic mass is 79.9. The molecule has 0 spiro atoms. The minimum Gasteiger partial charge on any atom is -0.271 e. The molecule has 17 heavy (non-hydrogen) atoms. The fourth-order valence-electron chi connectivity index (χ4n) is 1.74. The average molecular weight is 332 g/mol. The van der Waals surface area contributed by atoms with Crippen molar-refractivity contribution in [3.05, 3.63) is 55.1 Å². The van der Waals surface area contributed by atoms with E-state index in [0.717, 1.165) is 19.9 Å². The van der Waals surface area contributed by atoms with Crippen molar-refractivity contribution in [2.45, 2.75) is 13.0 Å². The van der Waals surface area contributed by atoms with Crippen molar-refractivity contribution in [3.63, 3.8) is 0 Å². The second-order valence-corrected chi connectivity index (χ2v) is 6.00. The number of benzene rings is 1. The second-order valence-electron chi connectivity index (χ2n) is 3.73. The molecule has 1 aromatic heterocycles. The largest absolute Gasteiger partial charge is 0.271 e. The van der Waals surface area contributed by atoms with Crippen LogP contribution in [0.1, 0.15) is 22.0 Å². The van der Waals surface area contributed by atoms with Crippen LogP contribution in [0.2, 0.25) is 5.02 Å². The van der Waals surface area contributed by atoms with Gasteiger partial charge in [-0.3, -0.25) is 5.84 Å². The lowest BCUT2D eigenvalue weighted by molar-refractivity contribution is 0.643. The van der Waals surface area contributed by atoms with Gasteiger partial charge >= 0.3 is 0 Å². The monoisotopic (exact) mass is 330 g/mol. The smallest absolute Gasteiger partial charge is 0.0820 e. The van der Waals surface area contributed by atoms with E-state index in [4.69, 9.17) is 17.4 Å². The van der Waals surface area contributed by atoms with Gasteiger partial charge in [0.25, 0.3) is 0 Å². The van der Waals surface area contributed by atoms with Gasteiger partial charge in [0.15, 0.2) is 0 Å². The Morgan fingerprint density at radius 3 is 2.76 bits per heavy atom. The molecule has 0 bridgehead atoms. The molecule has 1 atom stereocenters. The molecule has 1 aromatic carbocycles. The van der Waals surface area contributed by atoms with Crippen molar-refractivity contribution in [1.82, 2.24) is 5.43 Å². The average Bonchev–Trinajstić information content (AvgIpc) is 2.71. The molecule has 0 amide bonds. The predicted molar refractivity (Wildman–Crippen MR) is 77.4 cm³/mol. The van der Waals surface area contributed by atoms with Gasteiger partial charge in [-0.2, -0.15) is 0 Å². The summed E-state index contributed by atoms with van der Waals surface area (Å²) in [6, 6.07) is 7.96. The highest BCUT2D eigenvalue weighted by molar-refractivity contribution is 9.10. The number of nitrogens with two attached hydrogens (primary N) is 1. The lowest BCUT2D eigenvalue weighted by atomic mass is 10.0. The quantitative estimate of drug-likeness (QED) is 0.658. The number of aryl methyl sites for hydroxylation is 1. The molecule has 0 saturated heterocycles. The van der Waals surface area contributed by atoms with E-state index in [0.29, 0.717) is 0 Å². The van der Waals surface area contributed by atoms with E-state index in [1.807, 2.05) is 17.5 Å². The van der Waals surface area contributed by atoms with E-state index < -0.39 is 0 Å². The topological polar surface area (TPSA) is 38.0 Å². The summed E-state index contributed by atoms with van der Waals surface area (Å²) in [6.07, 6.45) is 0. The molecule has 0 aliphatic heterocycles. The van der Waals surface area contributed by atoms with Crippen LogP contribution in [0, 0.1) is 6.92 Å². The molecule has 0 radical (unpaired) electrons. The third-order valence-electron chi connectivity index (χ3n) is 2.63. The number of nitrogens with one attached hydrogen (secondary N) is 1. The minimum absolute atomic E-state index is 0.0694. The molecule has 3 N–H and O–H groups in total. The van der Waals surface area contributed by atoms with Crippen LogP contribution in [-0.2, 0) is 0 Å². The van der Waals surface area contributed by atoms with Crippen molar-refractivity contribution in [3.8, 4) is 0 Å². The number of hydrazine groups is 1. The summed E-state index contributed by atoms with van der Waals surface area (Å²) in [6.45, 7) is 2.06. The molecule has 2 aromatic rings. The van der Waals surface area contributed by atoms with E-state index in [9.17, 15) is 0 Å². The lowest BCUT2D eigenvalue weighted by Gasteiger charge is -2.18. The molecule has 5 heteroatoms. The number of halogens is 2. The highest BCUT2D eigenvalue weighted by Crippen LogP contribution is 2.34. The Hall–Kier alpha value is -0.390. The van der Waals surface area contributed by atoms with Crippen LogP contribution < -0.4 is 11.3 Å². The van der Waals surface area contributed by atoms with Crippen LogP contribution in [-0.4, -0.2) is 0 Å². The van der Waals surface area contributed by atoms with Crippen LogP contribution >= 0.6 is 38.9 Å². The summed E-state index contributed by atoms with van der Waals surface area (Å²) in [7, 11) is 0. The summed E-state index contributed by atoms with van der Waals surface area (Å²) in [4.78, 5) is 1.04. The maximum Gasteiger partial charge on any atom is 0.0820 e. The fourth-order valence-corrected chi connectivity index (χ4v) is 3.36. The van der Waals surface area contributed by atoms with E-state index in [2.05, 4.69) is 40.4 Å². The third-order valence-corrected chi connectivity index (χ3v) is 4.54. The SMILES string of the molecule is Cc1ccc(Br)cc1C(NN)c1sccc1Cl. The summed E-state index contributed by atoms with van der Waals surface area (Å²) in [5, 5.41) is 2.72. The summed E-state index contributed by atoms with van der Waals surface area (Å²) in [5.41, 5.74) is 5.15. The van der Waals surface area contributed by atoms with Crippen molar-refractivity contribution in [2.75, 3.05) is 0 Å². The van der Waals surface area contributed by atoms with Gasteiger partial charge in [0.2, 0.25) is 0 Å². The van der Waals surface area contributed by atoms with Crippen LogP contribution in [0.3, 0.4) is 0 Å². The Labute approximate surface area is 118 Å². The third kappa shape index (κ3) is 2.72. The second kappa shape index (κ2) is 5.50. The van der Waals surface area contributed by atoms with Crippen LogP contribution in [0.25, 0.3) is 0 Å². The minimum atomic E-state index is -0.0694. The summed E-state index contributed by atoms with van der Waals surface area (Å²) >= 11 is 11.2. The van der Waals surface area contributed by atoms with Gasteiger partial charge in [0, 0.05) is 9.35 Å². The predicted octanol–water partition coefficient (Wildman–Crippen LogP) is 4.03. The van der Waals surface area contributed by atoms with Crippen LogP contribution in [0.15, 0.2) is 34.1 Å². The zero-order valence-electron chi connectivity index (χ0n) is 9.21. The number of hydrogen-bond acceptors (Lipinski definition) is 3. The van der Waals surface area contributed by atoms with Gasteiger partial charge in [-0.15, -0.1) is 11.3 Å². The Balaban J connectivity index is 2.49. The van der Waals surface area contributed by atoms with Crippen LogP contribution in [0.5, 0.6) is 0 Å². The molecule has 1 unspecified atom stereocenters. The normalized spacial score (nSPS) is 12.7. The van der Waals surface area contributed by atoms with Gasteiger partial charge in [-0.1, -0.05) is 33.6 Å². The van der Waals surface area contributed by atoms with E-state index >= 15 is 0 Å². The molecule has 2 rings (SSSR count). The van der Waals surface area contributed by atoms with E-state index in [1.54, 1.807) is 11.3 Å². The molecule has 0 saturated carbocycles. The number of rotatable bonds is 3. The maximum absolute atomic E-state index is 6.16. The number of hydrogen-bond donors (Lipinski definition) is 2. The van der Waals surface area contributed by atoms with Crippen molar-refractivity contribution in [2.24, 2.45) is 5.84 Å². The molecule has 0 aliphatic carbocycles. The Morgan fingerprint density at radius 2 is 2.18 bits per heavy atom. The van der Waals surface area contributed by atoms with Gasteiger partial charge in [0.05, 0.1) is 11.1 Å². The molecule has 1 heterocycles. The first kappa shape index (κ1) is 13.1. The number of thiophene rings is 1. The first-order chi connectivity index (χ1) is 8.13. The zero-order valence-corrected chi connectivity index (χ0v) is 12.4. The summed E-state index contributed by atoms with van der Waals surface area (Å²) in [5.74, 6) is 5.67. The van der Waals surface area contributed by atoms with E-state index in [-0.39, 0.29) is 6.04 Å². The van der Waals surface area contributed by atoms with Crippen molar-refractivity contribution >= 4 is 38.9 Å². The first-order valence-electron chi connectivity index (χ1n) is 5.08. The van der Waals surface area contributed by atoms with Gasteiger partial charge in [0.1, 0.15) is 0 Å². The van der Waals surface area contributed by atoms with Crippen LogP contribution in [0.4, 0.5) is 0 Å². The van der Waals surface area contributed by atoms with Gasteiger partial charge in [-0.05, 0) is 41.6 Å². The molecule has 90 valence electrons. The molecular weight excluding hydrogens is 320 g/mol. The lowest BCUT2D eigenvalue weighted by Crippen LogP contribution is -2.29. The van der Waals surface area contributed by atoms with Gasteiger partial charge in [-0.25, -0.2) is 5.43 Å². The molecule has 2 nitrogen and oxygen atoms in total. The summed E-state index contributed by atoms with van der Waals surface area (Å²) < 4.78 is 1.03. The Kier molecular flexibility index (Phi) is 4.22. The molecule has 0 aliphatic rings. The van der Waals surface area contributed by atoms with Crippen molar-refractivity contribution in [1.29, 1.82) is 0 Å². The first-order valence-corrected chi connectivity index (χ1v) is 7.13. The van der Waals surface area contributed by atoms with E-state index in [1.165, 1.54) is 5.56 Å². The van der Waals surface area contributed by atoms with Crippen molar-refractivity contribution < 1.29 is 0 Å². The Bertz CT molecular complexity index is 527. The zero-order chi connectivity index (χ0) is 12.4. The molecule has 0 fully saturated rings. The molecular formula is C12H12BrClN2S. The van der Waals surface area contributed by atoms with Gasteiger partial charge < -0.3 is 0 Å². The standard InChI is InChI=1S/C12H12BrClN2S/c1-7-2-3-8(13)6-9(7)11(16-15)12-10(14)4-5-17-12/h2-6,11,16H,15H2,1H3. The highest BCUT2D eigenvalue weighted by Gasteiger charge is 2.18.